The topological polar surface area (TPSA) is 44.8 Å². The van der Waals surface area contributed by atoms with Gasteiger partial charge in [-0.3, -0.25) is 4.79 Å². The zero-order valence-corrected chi connectivity index (χ0v) is 11.8. The van der Waals surface area contributed by atoms with Gasteiger partial charge in [0.25, 0.3) is 0 Å². The third-order valence-corrected chi connectivity index (χ3v) is 3.29. The third-order valence-electron chi connectivity index (χ3n) is 3.29. The lowest BCUT2D eigenvalue weighted by atomic mass is 10.1. The monoisotopic (exact) mass is 282 g/mol. The number of fused-ring (bicyclic) bond motifs is 1. The molecule has 1 aliphatic rings. The molecule has 0 atom stereocenters. The van der Waals surface area contributed by atoms with Crippen molar-refractivity contribution in [2.45, 2.75) is 0 Å². The number of hydrogen-bond acceptors (Lipinski definition) is 4. The molecule has 4 nitrogen and oxygen atoms in total. The predicted octanol–water partition coefficient (Wildman–Crippen LogP) is 3.32. The highest BCUT2D eigenvalue weighted by molar-refractivity contribution is 6.16. The molecule has 0 saturated carbocycles. The number of ether oxygens (including phenoxy) is 3. The van der Waals surface area contributed by atoms with E-state index >= 15 is 0 Å². The maximum Gasteiger partial charge on any atom is 0.235 e. The van der Waals surface area contributed by atoms with E-state index in [1.165, 1.54) is 7.11 Å². The van der Waals surface area contributed by atoms with Crippen molar-refractivity contribution < 1.29 is 19.0 Å². The molecule has 0 aliphatic carbocycles. The van der Waals surface area contributed by atoms with Crippen LogP contribution in [0.4, 0.5) is 0 Å². The Kier molecular flexibility index (Phi) is 3.36. The number of hydrogen-bond donors (Lipinski definition) is 0. The molecule has 0 saturated heterocycles. The quantitative estimate of drug-likeness (QED) is 0.810. The van der Waals surface area contributed by atoms with Crippen molar-refractivity contribution >= 4 is 11.9 Å². The Balaban J connectivity index is 1.95. The van der Waals surface area contributed by atoms with Crippen molar-refractivity contribution in [1.82, 2.24) is 0 Å². The number of carbonyl (C=O) groups excluding carboxylic acids is 1. The molecular formula is C17H14O4. The van der Waals surface area contributed by atoms with Gasteiger partial charge in [0.1, 0.15) is 22.8 Å². The SMILES string of the molecule is COc1ccc(/C=C2/Oc3cccc(OC)c3C2=O)cc1. The normalized spacial score (nSPS) is 14.8. The molecule has 0 radical (unpaired) electrons. The molecule has 0 spiro atoms. The summed E-state index contributed by atoms with van der Waals surface area (Å²) in [6, 6.07) is 12.7. The first-order valence-corrected chi connectivity index (χ1v) is 6.48. The van der Waals surface area contributed by atoms with Crippen LogP contribution in [0.2, 0.25) is 0 Å². The fourth-order valence-corrected chi connectivity index (χ4v) is 2.22. The molecule has 21 heavy (non-hydrogen) atoms. The van der Waals surface area contributed by atoms with Crippen LogP contribution in [-0.4, -0.2) is 20.0 Å². The van der Waals surface area contributed by atoms with Gasteiger partial charge in [-0.05, 0) is 35.9 Å². The van der Waals surface area contributed by atoms with E-state index in [4.69, 9.17) is 14.2 Å². The van der Waals surface area contributed by atoms with Crippen molar-refractivity contribution in [3.63, 3.8) is 0 Å². The van der Waals surface area contributed by atoms with Gasteiger partial charge in [-0.25, -0.2) is 0 Å². The molecule has 1 heterocycles. The zero-order valence-electron chi connectivity index (χ0n) is 11.8. The van der Waals surface area contributed by atoms with Gasteiger partial charge in [-0.1, -0.05) is 18.2 Å². The van der Waals surface area contributed by atoms with Gasteiger partial charge in [-0.2, -0.15) is 0 Å². The minimum Gasteiger partial charge on any atom is -0.497 e. The predicted molar refractivity (Wildman–Crippen MR) is 78.9 cm³/mol. The summed E-state index contributed by atoms with van der Waals surface area (Å²) in [4.78, 5) is 12.4. The Morgan fingerprint density at radius 1 is 1.00 bits per heavy atom. The summed E-state index contributed by atoms with van der Waals surface area (Å²) in [6.07, 6.45) is 1.71. The molecule has 1 aliphatic heterocycles. The van der Waals surface area contributed by atoms with Crippen LogP contribution in [0, 0.1) is 0 Å². The Morgan fingerprint density at radius 3 is 2.43 bits per heavy atom. The Bertz CT molecular complexity index is 714. The Hall–Kier alpha value is -2.75. The van der Waals surface area contributed by atoms with E-state index in [-0.39, 0.29) is 5.78 Å². The van der Waals surface area contributed by atoms with E-state index in [1.54, 1.807) is 31.4 Å². The highest BCUT2D eigenvalue weighted by Crippen LogP contribution is 2.37. The zero-order chi connectivity index (χ0) is 14.8. The second kappa shape index (κ2) is 5.32. The molecule has 0 fully saturated rings. The van der Waals surface area contributed by atoms with E-state index in [0.29, 0.717) is 22.8 Å². The fourth-order valence-electron chi connectivity index (χ4n) is 2.22. The summed E-state index contributed by atoms with van der Waals surface area (Å²) in [5, 5.41) is 0. The largest absolute Gasteiger partial charge is 0.497 e. The van der Waals surface area contributed by atoms with E-state index in [9.17, 15) is 4.79 Å². The molecule has 0 bridgehead atoms. The van der Waals surface area contributed by atoms with Gasteiger partial charge in [0.15, 0.2) is 5.76 Å². The van der Waals surface area contributed by atoms with Crippen LogP contribution in [0.5, 0.6) is 17.2 Å². The molecule has 2 aromatic carbocycles. The maximum absolute atomic E-state index is 12.4. The molecule has 0 aromatic heterocycles. The van der Waals surface area contributed by atoms with Crippen molar-refractivity contribution in [3.05, 3.63) is 59.4 Å². The van der Waals surface area contributed by atoms with Gasteiger partial charge in [0.2, 0.25) is 5.78 Å². The van der Waals surface area contributed by atoms with Gasteiger partial charge >= 0.3 is 0 Å². The second-order valence-electron chi connectivity index (χ2n) is 4.55. The minimum absolute atomic E-state index is 0.168. The van der Waals surface area contributed by atoms with Crippen LogP contribution in [0.1, 0.15) is 15.9 Å². The van der Waals surface area contributed by atoms with Crippen molar-refractivity contribution in [2.24, 2.45) is 0 Å². The summed E-state index contributed by atoms with van der Waals surface area (Å²) in [5.41, 5.74) is 1.34. The number of allylic oxidation sites excluding steroid dienone is 1. The molecule has 2 aromatic rings. The summed E-state index contributed by atoms with van der Waals surface area (Å²) in [5.74, 6) is 1.94. The first kappa shape index (κ1) is 13.2. The molecule has 3 rings (SSSR count). The molecule has 0 amide bonds. The molecule has 106 valence electrons. The third kappa shape index (κ3) is 2.36. The minimum atomic E-state index is -0.168. The van der Waals surface area contributed by atoms with Gasteiger partial charge in [0.05, 0.1) is 14.2 Å². The van der Waals surface area contributed by atoms with Crippen LogP contribution in [-0.2, 0) is 0 Å². The summed E-state index contributed by atoms with van der Waals surface area (Å²) in [7, 11) is 3.15. The van der Waals surface area contributed by atoms with E-state index < -0.39 is 0 Å². The lowest BCUT2D eigenvalue weighted by molar-refractivity contribution is 0.101. The van der Waals surface area contributed by atoms with E-state index in [2.05, 4.69) is 0 Å². The summed E-state index contributed by atoms with van der Waals surface area (Å²) < 4.78 is 15.9. The summed E-state index contributed by atoms with van der Waals surface area (Å²) in [6.45, 7) is 0. The molecule has 0 unspecified atom stereocenters. The van der Waals surface area contributed by atoms with E-state index in [0.717, 1.165) is 11.3 Å². The lowest BCUT2D eigenvalue weighted by Crippen LogP contribution is -2.00. The molecule has 4 heteroatoms. The summed E-state index contributed by atoms with van der Waals surface area (Å²) >= 11 is 0. The van der Waals surface area contributed by atoms with Crippen molar-refractivity contribution in [1.29, 1.82) is 0 Å². The van der Waals surface area contributed by atoms with Gasteiger partial charge in [-0.15, -0.1) is 0 Å². The van der Waals surface area contributed by atoms with Crippen LogP contribution < -0.4 is 14.2 Å². The standard InChI is InChI=1S/C17H14O4/c1-19-12-8-6-11(7-9-12)10-15-17(18)16-13(20-2)4-3-5-14(16)21-15/h3-10H,1-2H3/b15-10+. The van der Waals surface area contributed by atoms with E-state index in [1.807, 2.05) is 24.3 Å². The number of Topliss-reactive ketones (excluding diaryl/α,β-unsaturated/α-hetero) is 1. The highest BCUT2D eigenvalue weighted by Gasteiger charge is 2.30. The number of carbonyl (C=O) groups is 1. The molecule has 0 N–H and O–H groups in total. The fraction of sp³-hybridized carbons (Fsp3) is 0.118. The van der Waals surface area contributed by atoms with Crippen LogP contribution in [0.15, 0.2) is 48.2 Å². The average molecular weight is 282 g/mol. The number of methoxy groups -OCH3 is 2. The van der Waals surface area contributed by atoms with Crippen molar-refractivity contribution in [2.75, 3.05) is 14.2 Å². The second-order valence-corrected chi connectivity index (χ2v) is 4.55. The highest BCUT2D eigenvalue weighted by atomic mass is 16.5. The Labute approximate surface area is 122 Å². The number of benzene rings is 2. The Morgan fingerprint density at radius 2 is 1.76 bits per heavy atom. The molecular weight excluding hydrogens is 268 g/mol. The van der Waals surface area contributed by atoms with Crippen LogP contribution >= 0.6 is 0 Å². The smallest absolute Gasteiger partial charge is 0.235 e. The van der Waals surface area contributed by atoms with Crippen molar-refractivity contribution in [3.8, 4) is 17.2 Å². The maximum atomic E-state index is 12.4. The average Bonchev–Trinajstić information content (AvgIpc) is 2.84. The van der Waals surface area contributed by atoms with Crippen LogP contribution in [0.25, 0.3) is 6.08 Å². The number of ketones is 1. The van der Waals surface area contributed by atoms with Gasteiger partial charge < -0.3 is 14.2 Å². The number of rotatable bonds is 3. The lowest BCUT2D eigenvalue weighted by Gasteiger charge is -2.02. The first-order valence-electron chi connectivity index (χ1n) is 6.48. The first-order chi connectivity index (χ1) is 10.2. The van der Waals surface area contributed by atoms with Crippen LogP contribution in [0.3, 0.4) is 0 Å². The van der Waals surface area contributed by atoms with Gasteiger partial charge in [0, 0.05) is 0 Å².